The van der Waals surface area contributed by atoms with Crippen LogP contribution in [0.2, 0.25) is 0 Å². The van der Waals surface area contributed by atoms with Crippen molar-refractivity contribution < 1.29 is 18.0 Å². The summed E-state index contributed by atoms with van der Waals surface area (Å²) in [6.07, 6.45) is 1.03. The van der Waals surface area contributed by atoms with E-state index in [1.165, 1.54) is 12.1 Å². The van der Waals surface area contributed by atoms with Gasteiger partial charge < -0.3 is 26.2 Å². The maximum atomic E-state index is 12.6. The number of nitrogens with two attached hydrogens (primary N) is 1. The van der Waals surface area contributed by atoms with Crippen molar-refractivity contribution >= 4 is 23.2 Å². The number of hydrogen-bond acceptors (Lipinski definition) is 5. The Labute approximate surface area is 182 Å². The van der Waals surface area contributed by atoms with Crippen molar-refractivity contribution in [3.8, 4) is 0 Å². The topological polar surface area (TPSA) is 86.0 Å². The summed E-state index contributed by atoms with van der Waals surface area (Å²) in [5.74, 6) is 0.444. The number of nitrogens with zero attached hydrogens (tertiary/aromatic N) is 3. The fourth-order valence-corrected chi connectivity index (χ4v) is 3.51. The molecule has 2 aliphatic heterocycles. The molecule has 10 heteroatoms. The Bertz CT molecular complexity index is 1110. The number of anilines is 2. The van der Waals surface area contributed by atoms with Gasteiger partial charge in [0.2, 0.25) is 0 Å². The first-order valence-electron chi connectivity index (χ1n) is 9.82. The normalized spacial score (nSPS) is 17.6. The number of rotatable bonds is 4. The first-order valence-corrected chi connectivity index (χ1v) is 9.82. The third-order valence-corrected chi connectivity index (χ3v) is 5.18. The molecule has 2 heterocycles. The van der Waals surface area contributed by atoms with Gasteiger partial charge in [-0.15, -0.1) is 0 Å². The van der Waals surface area contributed by atoms with Gasteiger partial charge in [0.15, 0.2) is 0 Å². The van der Waals surface area contributed by atoms with E-state index in [2.05, 4.69) is 20.5 Å². The number of halogens is 3. The SMILES string of the molecule is CC1N2C=CN=C(N)C2=CN1c1cccc(CNC(=O)Nc2ccc(C(F)(F)F)cc2)c1. The molecule has 0 bridgehead atoms. The third kappa shape index (κ3) is 4.39. The van der Waals surface area contributed by atoms with Gasteiger partial charge in [0.1, 0.15) is 17.7 Å². The first kappa shape index (κ1) is 21.3. The third-order valence-electron chi connectivity index (χ3n) is 5.18. The molecule has 0 fully saturated rings. The Morgan fingerprint density at radius 1 is 1.16 bits per heavy atom. The van der Waals surface area contributed by atoms with Crippen LogP contribution in [0.1, 0.15) is 18.1 Å². The first-order chi connectivity index (χ1) is 15.2. The predicted molar refractivity (Wildman–Crippen MR) is 116 cm³/mol. The van der Waals surface area contributed by atoms with Crippen molar-refractivity contribution in [1.29, 1.82) is 0 Å². The summed E-state index contributed by atoms with van der Waals surface area (Å²) in [7, 11) is 0. The van der Waals surface area contributed by atoms with Crippen LogP contribution in [0.3, 0.4) is 0 Å². The van der Waals surface area contributed by atoms with E-state index >= 15 is 0 Å². The minimum Gasteiger partial charge on any atom is -0.382 e. The Kier molecular flexibility index (Phi) is 5.52. The summed E-state index contributed by atoms with van der Waals surface area (Å²) in [4.78, 5) is 20.4. The molecular formula is C22H21F3N6O. The van der Waals surface area contributed by atoms with E-state index in [0.29, 0.717) is 5.84 Å². The molecule has 32 heavy (non-hydrogen) atoms. The number of hydrogen-bond donors (Lipinski definition) is 3. The van der Waals surface area contributed by atoms with Gasteiger partial charge in [0, 0.05) is 36.5 Å². The molecule has 2 aliphatic rings. The number of amides is 2. The van der Waals surface area contributed by atoms with Gasteiger partial charge in [0.05, 0.1) is 5.56 Å². The standard InChI is InChI=1S/C22H21F3N6O/c1-14-30-10-9-27-20(26)19(30)13-31(14)18-4-2-3-15(11-18)12-28-21(32)29-17-7-5-16(6-8-17)22(23,24)25/h2-11,13-14H,12H2,1H3,(H2,26,27)(H2,28,29,32). The average Bonchev–Trinajstić information content (AvgIpc) is 3.10. The maximum absolute atomic E-state index is 12.6. The minimum absolute atomic E-state index is 0.00137. The number of nitrogens with one attached hydrogen (secondary N) is 2. The van der Waals surface area contributed by atoms with Gasteiger partial charge in [-0.05, 0) is 48.9 Å². The summed E-state index contributed by atoms with van der Waals surface area (Å²) < 4.78 is 37.9. The lowest BCUT2D eigenvalue weighted by atomic mass is 10.2. The maximum Gasteiger partial charge on any atom is 0.416 e. The molecule has 0 radical (unpaired) electrons. The van der Waals surface area contributed by atoms with Gasteiger partial charge in [-0.2, -0.15) is 13.2 Å². The van der Waals surface area contributed by atoms with Crippen molar-refractivity contribution in [2.45, 2.75) is 25.8 Å². The number of fused-ring (bicyclic) bond motifs is 1. The highest BCUT2D eigenvalue weighted by Crippen LogP contribution is 2.31. The second kappa shape index (κ2) is 8.29. The molecule has 0 aromatic heterocycles. The number of benzene rings is 2. The highest BCUT2D eigenvalue weighted by molar-refractivity contribution is 5.98. The van der Waals surface area contributed by atoms with Crippen LogP contribution >= 0.6 is 0 Å². The van der Waals surface area contributed by atoms with Crippen molar-refractivity contribution in [2.75, 3.05) is 10.2 Å². The molecule has 7 nitrogen and oxygen atoms in total. The van der Waals surface area contributed by atoms with E-state index in [4.69, 9.17) is 5.73 Å². The van der Waals surface area contributed by atoms with Crippen LogP contribution in [-0.4, -0.2) is 22.9 Å². The van der Waals surface area contributed by atoms with Crippen molar-refractivity contribution in [3.05, 3.63) is 84.0 Å². The summed E-state index contributed by atoms with van der Waals surface area (Å²) in [6, 6.07) is 11.4. The van der Waals surface area contributed by atoms with Crippen LogP contribution in [0.5, 0.6) is 0 Å². The second-order valence-electron chi connectivity index (χ2n) is 7.33. The van der Waals surface area contributed by atoms with Crippen LogP contribution < -0.4 is 21.3 Å². The lowest BCUT2D eigenvalue weighted by Gasteiger charge is -2.29. The quantitative estimate of drug-likeness (QED) is 0.663. The zero-order chi connectivity index (χ0) is 22.9. The summed E-state index contributed by atoms with van der Waals surface area (Å²) >= 11 is 0. The lowest BCUT2D eigenvalue weighted by molar-refractivity contribution is -0.137. The smallest absolute Gasteiger partial charge is 0.382 e. The van der Waals surface area contributed by atoms with Crippen LogP contribution in [0.25, 0.3) is 0 Å². The summed E-state index contributed by atoms with van der Waals surface area (Å²) in [6.45, 7) is 2.28. The second-order valence-corrected chi connectivity index (χ2v) is 7.33. The van der Waals surface area contributed by atoms with E-state index < -0.39 is 17.8 Å². The van der Waals surface area contributed by atoms with E-state index in [9.17, 15) is 18.0 Å². The molecular weight excluding hydrogens is 421 g/mol. The number of carbonyl (C=O) groups is 1. The number of amidine groups is 1. The van der Waals surface area contributed by atoms with Crippen molar-refractivity contribution in [2.24, 2.45) is 10.7 Å². The molecule has 2 amide bonds. The molecule has 1 atom stereocenters. The number of urea groups is 1. The molecule has 4 rings (SSSR count). The highest BCUT2D eigenvalue weighted by atomic mass is 19.4. The van der Waals surface area contributed by atoms with Gasteiger partial charge in [-0.1, -0.05) is 12.1 Å². The van der Waals surface area contributed by atoms with Gasteiger partial charge in [-0.25, -0.2) is 9.79 Å². The summed E-state index contributed by atoms with van der Waals surface area (Å²) in [5.41, 5.74) is 8.07. The van der Waals surface area contributed by atoms with Crippen LogP contribution in [0, 0.1) is 0 Å². The average molecular weight is 442 g/mol. The number of aliphatic imine (C=N–C) groups is 1. The van der Waals surface area contributed by atoms with E-state index in [-0.39, 0.29) is 18.4 Å². The molecule has 1 unspecified atom stereocenters. The van der Waals surface area contributed by atoms with Crippen LogP contribution in [-0.2, 0) is 12.7 Å². The molecule has 0 saturated carbocycles. The van der Waals surface area contributed by atoms with Crippen LogP contribution in [0.4, 0.5) is 29.3 Å². The Morgan fingerprint density at radius 2 is 1.91 bits per heavy atom. The number of carbonyl (C=O) groups excluding carboxylic acids is 1. The molecule has 166 valence electrons. The van der Waals surface area contributed by atoms with Crippen LogP contribution in [0.15, 0.2) is 77.8 Å². The predicted octanol–water partition coefficient (Wildman–Crippen LogP) is 4.18. The largest absolute Gasteiger partial charge is 0.416 e. The van der Waals surface area contributed by atoms with Gasteiger partial charge in [0.25, 0.3) is 0 Å². The Balaban J connectivity index is 1.38. The zero-order valence-corrected chi connectivity index (χ0v) is 17.1. The molecule has 2 aromatic rings. The zero-order valence-electron chi connectivity index (χ0n) is 17.1. The molecule has 2 aromatic carbocycles. The molecule has 4 N–H and O–H groups in total. The fraction of sp³-hybridized carbons (Fsp3) is 0.182. The molecule has 0 aliphatic carbocycles. The Hall–Kier alpha value is -3.95. The fourth-order valence-electron chi connectivity index (χ4n) is 3.51. The minimum atomic E-state index is -4.42. The van der Waals surface area contributed by atoms with E-state index in [0.717, 1.165) is 29.1 Å². The number of alkyl halides is 3. The monoisotopic (exact) mass is 442 g/mol. The summed E-state index contributed by atoms with van der Waals surface area (Å²) in [5, 5.41) is 5.24. The Morgan fingerprint density at radius 3 is 2.59 bits per heavy atom. The van der Waals surface area contributed by atoms with Gasteiger partial charge >= 0.3 is 12.2 Å². The molecule has 0 saturated heterocycles. The van der Waals surface area contributed by atoms with E-state index in [1.54, 1.807) is 6.20 Å². The van der Waals surface area contributed by atoms with Crippen molar-refractivity contribution in [3.63, 3.8) is 0 Å². The lowest BCUT2D eigenvalue weighted by Crippen LogP contribution is -2.37. The van der Waals surface area contributed by atoms with Gasteiger partial charge in [-0.3, -0.25) is 0 Å². The molecule has 0 spiro atoms. The highest BCUT2D eigenvalue weighted by Gasteiger charge is 2.31. The van der Waals surface area contributed by atoms with E-state index in [1.807, 2.05) is 48.5 Å². The van der Waals surface area contributed by atoms with Crippen molar-refractivity contribution in [1.82, 2.24) is 10.2 Å².